The van der Waals surface area contributed by atoms with Crippen molar-refractivity contribution in [1.82, 2.24) is 10.1 Å². The van der Waals surface area contributed by atoms with E-state index in [-0.39, 0.29) is 29.8 Å². The molecule has 19 heavy (non-hydrogen) atoms. The van der Waals surface area contributed by atoms with E-state index in [0.29, 0.717) is 17.0 Å². The minimum atomic E-state index is -0.317. The topological polar surface area (TPSA) is 56.0 Å². The molecule has 1 aromatic carbocycles. The van der Waals surface area contributed by atoms with Crippen molar-refractivity contribution in [1.29, 1.82) is 0 Å². The fraction of sp³-hybridized carbons (Fsp3) is 0.357. The number of ketones is 1. The van der Waals surface area contributed by atoms with Crippen LogP contribution in [0.25, 0.3) is 11.4 Å². The van der Waals surface area contributed by atoms with Gasteiger partial charge in [0.15, 0.2) is 0 Å². The van der Waals surface area contributed by atoms with E-state index >= 15 is 0 Å². The fourth-order valence-corrected chi connectivity index (χ4v) is 1.53. The Morgan fingerprint density at radius 2 is 2.16 bits per heavy atom. The summed E-state index contributed by atoms with van der Waals surface area (Å²) < 4.78 is 18.5. The lowest BCUT2D eigenvalue weighted by molar-refractivity contribution is -0.121. The van der Waals surface area contributed by atoms with E-state index in [0.717, 1.165) is 0 Å². The summed E-state index contributed by atoms with van der Waals surface area (Å²) in [5, 5.41) is 3.76. The van der Waals surface area contributed by atoms with E-state index < -0.39 is 0 Å². The molecule has 0 aliphatic carbocycles. The average Bonchev–Trinajstić information content (AvgIpc) is 2.81. The maximum absolute atomic E-state index is 13.4. The lowest BCUT2D eigenvalue weighted by Crippen LogP contribution is -2.10. The van der Waals surface area contributed by atoms with Crippen molar-refractivity contribution in [2.24, 2.45) is 5.92 Å². The van der Waals surface area contributed by atoms with E-state index in [2.05, 4.69) is 10.1 Å². The average molecular weight is 262 g/mol. The fourth-order valence-electron chi connectivity index (χ4n) is 1.53. The number of carbonyl (C=O) groups is 1. The van der Waals surface area contributed by atoms with Crippen molar-refractivity contribution in [3.05, 3.63) is 35.5 Å². The summed E-state index contributed by atoms with van der Waals surface area (Å²) >= 11 is 0. The first-order valence-electron chi connectivity index (χ1n) is 6.09. The van der Waals surface area contributed by atoms with Crippen LogP contribution in [0.5, 0.6) is 0 Å². The van der Waals surface area contributed by atoms with Crippen molar-refractivity contribution >= 4 is 5.78 Å². The molecule has 0 aliphatic heterocycles. The summed E-state index contributed by atoms with van der Waals surface area (Å²) in [6.07, 6.45) is 0.110. The lowest BCUT2D eigenvalue weighted by Gasteiger charge is -1.99. The Bertz CT molecular complexity index is 605. The summed E-state index contributed by atoms with van der Waals surface area (Å²) in [7, 11) is 0. The largest absolute Gasteiger partial charge is 0.339 e. The van der Waals surface area contributed by atoms with Gasteiger partial charge in [0.1, 0.15) is 11.6 Å². The van der Waals surface area contributed by atoms with Crippen LogP contribution in [-0.4, -0.2) is 15.9 Å². The molecule has 0 spiro atoms. The zero-order chi connectivity index (χ0) is 14.0. The van der Waals surface area contributed by atoms with E-state index in [9.17, 15) is 9.18 Å². The SMILES string of the molecule is Cc1ccc(-c2noc(CC(=O)C(C)C)n2)cc1F. The molecule has 0 atom stereocenters. The van der Waals surface area contributed by atoms with Crippen LogP contribution in [0.2, 0.25) is 0 Å². The van der Waals surface area contributed by atoms with Crippen molar-refractivity contribution in [3.63, 3.8) is 0 Å². The van der Waals surface area contributed by atoms with E-state index in [1.807, 2.05) is 13.8 Å². The van der Waals surface area contributed by atoms with Gasteiger partial charge in [-0.1, -0.05) is 31.1 Å². The summed E-state index contributed by atoms with van der Waals surface area (Å²) in [5.74, 6) is 0.194. The highest BCUT2D eigenvalue weighted by Crippen LogP contribution is 2.19. The quantitative estimate of drug-likeness (QED) is 0.850. The molecule has 2 aromatic rings. The normalized spacial score (nSPS) is 11.0. The van der Waals surface area contributed by atoms with Gasteiger partial charge in [0.05, 0.1) is 6.42 Å². The highest BCUT2D eigenvalue weighted by atomic mass is 19.1. The highest BCUT2D eigenvalue weighted by Gasteiger charge is 2.15. The van der Waals surface area contributed by atoms with Crippen molar-refractivity contribution in [3.8, 4) is 11.4 Å². The first kappa shape index (κ1) is 13.4. The lowest BCUT2D eigenvalue weighted by atomic mass is 10.1. The maximum Gasteiger partial charge on any atom is 0.234 e. The number of benzene rings is 1. The molecule has 0 saturated carbocycles. The molecule has 0 unspecified atom stereocenters. The van der Waals surface area contributed by atoms with Gasteiger partial charge in [-0.15, -0.1) is 0 Å². The Balaban J connectivity index is 2.21. The van der Waals surface area contributed by atoms with Gasteiger partial charge >= 0.3 is 0 Å². The van der Waals surface area contributed by atoms with Gasteiger partial charge in [-0.2, -0.15) is 4.98 Å². The number of hydrogen-bond donors (Lipinski definition) is 0. The van der Waals surface area contributed by atoms with Gasteiger partial charge in [-0.25, -0.2) is 4.39 Å². The first-order chi connectivity index (χ1) is 8.97. The predicted octanol–water partition coefficient (Wildman–Crippen LogP) is 2.95. The summed E-state index contributed by atoms with van der Waals surface area (Å²) in [5.41, 5.74) is 1.09. The number of aromatic nitrogens is 2. The second-order valence-electron chi connectivity index (χ2n) is 4.77. The van der Waals surface area contributed by atoms with Crippen molar-refractivity contribution in [2.75, 3.05) is 0 Å². The van der Waals surface area contributed by atoms with Crippen LogP contribution in [0.4, 0.5) is 4.39 Å². The molecule has 0 radical (unpaired) electrons. The Kier molecular flexibility index (Phi) is 3.74. The van der Waals surface area contributed by atoms with Gasteiger partial charge in [-0.3, -0.25) is 4.79 Å². The Morgan fingerprint density at radius 1 is 1.42 bits per heavy atom. The van der Waals surface area contributed by atoms with Gasteiger partial charge in [0.2, 0.25) is 11.7 Å². The third-order valence-corrected chi connectivity index (χ3v) is 2.87. The number of carbonyl (C=O) groups excluding carboxylic acids is 1. The van der Waals surface area contributed by atoms with Gasteiger partial charge < -0.3 is 4.52 Å². The molecule has 0 amide bonds. The molecule has 1 aromatic heterocycles. The van der Waals surface area contributed by atoms with E-state index in [1.165, 1.54) is 6.07 Å². The number of Topliss-reactive ketones (excluding diaryl/α,β-unsaturated/α-hetero) is 1. The summed E-state index contributed by atoms with van der Waals surface area (Å²) in [4.78, 5) is 15.7. The maximum atomic E-state index is 13.4. The molecule has 0 N–H and O–H groups in total. The zero-order valence-corrected chi connectivity index (χ0v) is 11.1. The second kappa shape index (κ2) is 5.30. The van der Waals surface area contributed by atoms with Crippen LogP contribution in [0.15, 0.2) is 22.7 Å². The Hall–Kier alpha value is -2.04. The number of aryl methyl sites for hydroxylation is 1. The van der Waals surface area contributed by atoms with Crippen LogP contribution in [0.1, 0.15) is 25.3 Å². The molecule has 4 nitrogen and oxygen atoms in total. The standard InChI is InChI=1S/C14H15FN2O2/c1-8(2)12(18)7-13-16-14(17-19-13)10-5-4-9(3)11(15)6-10/h4-6,8H,7H2,1-3H3. The minimum absolute atomic E-state index is 0.0327. The zero-order valence-electron chi connectivity index (χ0n) is 11.1. The molecular weight excluding hydrogens is 247 g/mol. The van der Waals surface area contributed by atoms with Crippen molar-refractivity contribution in [2.45, 2.75) is 27.2 Å². The third kappa shape index (κ3) is 3.05. The number of rotatable bonds is 4. The van der Waals surface area contributed by atoms with E-state index in [4.69, 9.17) is 4.52 Å². The molecule has 1 heterocycles. The number of hydrogen-bond acceptors (Lipinski definition) is 4. The summed E-state index contributed by atoms with van der Waals surface area (Å²) in [6.45, 7) is 5.31. The first-order valence-corrected chi connectivity index (χ1v) is 6.09. The molecule has 2 rings (SSSR count). The van der Waals surface area contributed by atoms with Gasteiger partial charge in [0, 0.05) is 11.5 Å². The Labute approximate surface area is 110 Å². The molecule has 0 fully saturated rings. The molecule has 5 heteroatoms. The Morgan fingerprint density at radius 3 is 2.79 bits per heavy atom. The highest BCUT2D eigenvalue weighted by molar-refractivity contribution is 5.81. The van der Waals surface area contributed by atoms with E-state index in [1.54, 1.807) is 19.1 Å². The van der Waals surface area contributed by atoms with Crippen LogP contribution in [-0.2, 0) is 11.2 Å². The second-order valence-corrected chi connectivity index (χ2v) is 4.77. The molecular formula is C14H15FN2O2. The molecule has 0 aliphatic rings. The molecule has 100 valence electrons. The van der Waals surface area contributed by atoms with Crippen molar-refractivity contribution < 1.29 is 13.7 Å². The minimum Gasteiger partial charge on any atom is -0.339 e. The molecule has 0 bridgehead atoms. The monoisotopic (exact) mass is 262 g/mol. The van der Waals surface area contributed by atoms with Crippen LogP contribution in [0, 0.1) is 18.7 Å². The van der Waals surface area contributed by atoms with Crippen LogP contribution < -0.4 is 0 Å². The van der Waals surface area contributed by atoms with Crippen LogP contribution >= 0.6 is 0 Å². The predicted molar refractivity (Wildman–Crippen MR) is 68.0 cm³/mol. The molecule has 0 saturated heterocycles. The van der Waals surface area contributed by atoms with Gasteiger partial charge in [-0.05, 0) is 18.6 Å². The summed E-state index contributed by atoms with van der Waals surface area (Å²) in [6, 6.07) is 4.73. The van der Waals surface area contributed by atoms with Gasteiger partial charge in [0.25, 0.3) is 0 Å². The number of halogens is 1. The number of nitrogens with zero attached hydrogens (tertiary/aromatic N) is 2. The smallest absolute Gasteiger partial charge is 0.234 e. The third-order valence-electron chi connectivity index (χ3n) is 2.87. The van der Waals surface area contributed by atoms with Crippen LogP contribution in [0.3, 0.4) is 0 Å².